The van der Waals surface area contributed by atoms with E-state index in [0.717, 1.165) is 63.8 Å². The minimum absolute atomic E-state index is 0.290. The van der Waals surface area contributed by atoms with E-state index >= 15 is 0 Å². The molecule has 1 fully saturated rings. The number of ether oxygens (including phenoxy) is 2. The molecule has 1 aromatic carbocycles. The van der Waals surface area contributed by atoms with E-state index in [2.05, 4.69) is 55.6 Å². The molecule has 2 aliphatic rings. The number of aryl methyl sites for hydroxylation is 2. The van der Waals surface area contributed by atoms with E-state index in [1.165, 1.54) is 22.3 Å². The fourth-order valence-corrected chi connectivity index (χ4v) is 4.70. The molecule has 1 saturated heterocycles. The summed E-state index contributed by atoms with van der Waals surface area (Å²) in [4.78, 5) is 11.6. The van der Waals surface area contributed by atoms with Gasteiger partial charge in [0, 0.05) is 72.0 Å². The Hall–Kier alpha value is -2.68. The Morgan fingerprint density at radius 1 is 1.09 bits per heavy atom. The number of nitrogens with zero attached hydrogens (tertiary/aromatic N) is 4. The number of guanidine groups is 1. The molecule has 0 spiro atoms. The Bertz CT molecular complexity index is 969. The molecule has 0 radical (unpaired) electrons. The van der Waals surface area contributed by atoms with Crippen LogP contribution in [0.5, 0.6) is 0 Å². The zero-order valence-electron chi connectivity index (χ0n) is 20.0. The summed E-state index contributed by atoms with van der Waals surface area (Å²) in [6, 6.07) is 8.85. The van der Waals surface area contributed by atoms with Crippen LogP contribution >= 0.6 is 0 Å². The van der Waals surface area contributed by atoms with Crippen molar-refractivity contribution in [3.05, 3.63) is 59.2 Å². The normalized spacial score (nSPS) is 17.0. The van der Waals surface area contributed by atoms with Crippen LogP contribution in [0.25, 0.3) is 5.57 Å². The molecule has 0 amide bonds. The van der Waals surface area contributed by atoms with E-state index in [1.54, 1.807) is 21.3 Å². The fourth-order valence-electron chi connectivity index (χ4n) is 4.70. The summed E-state index contributed by atoms with van der Waals surface area (Å²) in [5.74, 6) is 1.89. The topological polar surface area (TPSA) is 75.9 Å². The maximum absolute atomic E-state index is 5.21. The quantitative estimate of drug-likeness (QED) is 0.381. The van der Waals surface area contributed by atoms with Crippen molar-refractivity contribution in [1.29, 1.82) is 0 Å². The van der Waals surface area contributed by atoms with Crippen LogP contribution in [-0.2, 0) is 22.4 Å². The number of benzene rings is 1. The molecular formula is C25H36N6O2. The Kier molecular flexibility index (Phi) is 8.15. The Labute approximate surface area is 196 Å². The predicted molar refractivity (Wildman–Crippen MR) is 131 cm³/mol. The van der Waals surface area contributed by atoms with Gasteiger partial charge >= 0.3 is 0 Å². The molecule has 8 heteroatoms. The van der Waals surface area contributed by atoms with Crippen LogP contribution in [0.3, 0.4) is 0 Å². The molecule has 4 rings (SSSR count). The highest BCUT2D eigenvalue weighted by Gasteiger charge is 2.24. The molecule has 0 bridgehead atoms. The first-order chi connectivity index (χ1) is 16.2. The first-order valence-corrected chi connectivity index (χ1v) is 11.8. The van der Waals surface area contributed by atoms with E-state index in [9.17, 15) is 0 Å². The molecule has 1 aromatic heterocycles. The summed E-state index contributed by atoms with van der Waals surface area (Å²) in [7, 11) is 5.04. The fraction of sp³-hybridized carbons (Fsp3) is 0.520. The average Bonchev–Trinajstić information content (AvgIpc) is 3.26. The van der Waals surface area contributed by atoms with Crippen molar-refractivity contribution in [3.8, 4) is 0 Å². The Morgan fingerprint density at radius 3 is 2.64 bits per heavy atom. The maximum Gasteiger partial charge on any atom is 0.191 e. The molecule has 0 saturated carbocycles. The van der Waals surface area contributed by atoms with Crippen LogP contribution in [0.4, 0.5) is 0 Å². The first-order valence-electron chi connectivity index (χ1n) is 11.8. The molecule has 0 unspecified atom stereocenters. The number of fused-ring (bicyclic) bond motifs is 2. The largest absolute Gasteiger partial charge is 0.355 e. The van der Waals surface area contributed by atoms with Crippen molar-refractivity contribution in [1.82, 2.24) is 25.1 Å². The molecule has 178 valence electrons. The van der Waals surface area contributed by atoms with Gasteiger partial charge in [-0.05, 0) is 30.4 Å². The van der Waals surface area contributed by atoms with Gasteiger partial charge in [0.2, 0.25) is 0 Å². The minimum atomic E-state index is -0.290. The van der Waals surface area contributed by atoms with Crippen molar-refractivity contribution < 1.29 is 9.47 Å². The second-order valence-corrected chi connectivity index (χ2v) is 8.45. The molecule has 8 nitrogen and oxygen atoms in total. The number of nitrogens with one attached hydrogen (secondary N) is 2. The van der Waals surface area contributed by atoms with Gasteiger partial charge < -0.3 is 29.6 Å². The van der Waals surface area contributed by atoms with Crippen LogP contribution in [0.1, 0.15) is 29.8 Å². The van der Waals surface area contributed by atoms with Gasteiger partial charge in [0.25, 0.3) is 0 Å². The second kappa shape index (κ2) is 11.4. The maximum atomic E-state index is 5.21. The lowest BCUT2D eigenvalue weighted by Crippen LogP contribution is -2.45. The SMILES string of the molecule is CN=C(NCCN1CCC(=C2c3ccccc3CCn3ccnc32)CC1)NCC(OC)OC. The highest BCUT2D eigenvalue weighted by molar-refractivity contribution is 5.81. The number of methoxy groups -OCH3 is 2. The molecule has 0 atom stereocenters. The van der Waals surface area contributed by atoms with E-state index in [4.69, 9.17) is 14.5 Å². The highest BCUT2D eigenvalue weighted by Crippen LogP contribution is 2.35. The molecule has 33 heavy (non-hydrogen) atoms. The predicted octanol–water partition coefficient (Wildman–Crippen LogP) is 2.12. The zero-order valence-corrected chi connectivity index (χ0v) is 20.0. The van der Waals surface area contributed by atoms with E-state index in [-0.39, 0.29) is 6.29 Å². The number of aromatic nitrogens is 2. The van der Waals surface area contributed by atoms with Crippen LogP contribution in [0, 0.1) is 0 Å². The van der Waals surface area contributed by atoms with E-state index < -0.39 is 0 Å². The smallest absolute Gasteiger partial charge is 0.191 e. The van der Waals surface area contributed by atoms with Crippen LogP contribution in [0.15, 0.2) is 47.2 Å². The van der Waals surface area contributed by atoms with Gasteiger partial charge in [-0.2, -0.15) is 0 Å². The van der Waals surface area contributed by atoms with Crippen molar-refractivity contribution in [2.45, 2.75) is 32.1 Å². The molecule has 2 aliphatic heterocycles. The van der Waals surface area contributed by atoms with E-state index in [0.29, 0.717) is 6.54 Å². The average molecular weight is 453 g/mol. The zero-order chi connectivity index (χ0) is 23.0. The summed E-state index contributed by atoms with van der Waals surface area (Å²) in [5.41, 5.74) is 5.69. The standard InChI is InChI=1S/C25H36N6O2/c1-26-25(29-18-22(32-2)33-3)28-11-16-30-13-8-20(9-14-30)23-21-7-5-4-6-19(21)10-15-31-17-12-27-24(23)31/h4-7,12,17,22H,8-11,13-16,18H2,1-3H3,(H2,26,28,29). The summed E-state index contributed by atoms with van der Waals surface area (Å²) in [6.07, 6.45) is 6.97. The molecule has 2 aromatic rings. The number of imidazole rings is 1. The third kappa shape index (κ3) is 5.63. The van der Waals surface area contributed by atoms with Crippen LogP contribution < -0.4 is 10.6 Å². The molecule has 3 heterocycles. The Morgan fingerprint density at radius 2 is 1.88 bits per heavy atom. The number of rotatable bonds is 7. The van der Waals surface area contributed by atoms with Crippen molar-refractivity contribution >= 4 is 11.5 Å². The van der Waals surface area contributed by atoms with Crippen molar-refractivity contribution in [2.24, 2.45) is 4.99 Å². The Balaban J connectivity index is 1.35. The lowest BCUT2D eigenvalue weighted by molar-refractivity contribution is -0.0966. The monoisotopic (exact) mass is 452 g/mol. The summed E-state index contributed by atoms with van der Waals surface area (Å²) < 4.78 is 12.7. The molecule has 2 N–H and O–H groups in total. The number of aliphatic imine (C=N–C) groups is 1. The molecule has 0 aliphatic carbocycles. The van der Waals surface area contributed by atoms with E-state index in [1.807, 2.05) is 6.20 Å². The summed E-state index contributed by atoms with van der Waals surface area (Å²) in [6.45, 7) is 5.47. The van der Waals surface area contributed by atoms with Gasteiger partial charge in [-0.25, -0.2) is 4.98 Å². The number of likely N-dealkylation sites (tertiary alicyclic amines) is 1. The van der Waals surface area contributed by atoms with Gasteiger partial charge in [-0.15, -0.1) is 0 Å². The highest BCUT2D eigenvalue weighted by atomic mass is 16.7. The third-order valence-electron chi connectivity index (χ3n) is 6.57. The third-order valence-corrected chi connectivity index (χ3v) is 6.57. The second-order valence-electron chi connectivity index (χ2n) is 8.45. The summed E-state index contributed by atoms with van der Waals surface area (Å²) >= 11 is 0. The number of piperidine rings is 1. The lowest BCUT2D eigenvalue weighted by atomic mass is 9.90. The molecular weight excluding hydrogens is 416 g/mol. The lowest BCUT2D eigenvalue weighted by Gasteiger charge is -2.30. The summed E-state index contributed by atoms with van der Waals surface area (Å²) in [5, 5.41) is 6.62. The van der Waals surface area contributed by atoms with Gasteiger partial charge in [0.05, 0.1) is 6.54 Å². The van der Waals surface area contributed by atoms with Gasteiger partial charge in [-0.1, -0.05) is 29.8 Å². The minimum Gasteiger partial charge on any atom is -0.355 e. The first kappa shape index (κ1) is 23.5. The van der Waals surface area contributed by atoms with Crippen LogP contribution in [0.2, 0.25) is 0 Å². The van der Waals surface area contributed by atoms with Gasteiger partial charge in [0.15, 0.2) is 12.2 Å². The van der Waals surface area contributed by atoms with Gasteiger partial charge in [0.1, 0.15) is 5.82 Å². The van der Waals surface area contributed by atoms with Crippen molar-refractivity contribution in [3.63, 3.8) is 0 Å². The number of hydrogen-bond donors (Lipinski definition) is 2. The number of hydrogen-bond acceptors (Lipinski definition) is 5. The van der Waals surface area contributed by atoms with Crippen LogP contribution in [-0.4, -0.2) is 80.7 Å². The van der Waals surface area contributed by atoms with Crippen molar-refractivity contribution in [2.75, 3.05) is 54.0 Å². The van der Waals surface area contributed by atoms with Gasteiger partial charge in [-0.3, -0.25) is 4.99 Å².